The van der Waals surface area contributed by atoms with E-state index >= 15 is 0 Å². The van der Waals surface area contributed by atoms with Crippen LogP contribution in [0.4, 0.5) is 13.2 Å². The van der Waals surface area contributed by atoms with E-state index in [1.807, 2.05) is 0 Å². The molecule has 23 heavy (non-hydrogen) atoms. The van der Waals surface area contributed by atoms with Crippen molar-refractivity contribution in [3.63, 3.8) is 0 Å². The quantitative estimate of drug-likeness (QED) is 0.531. The molecule has 0 fully saturated rings. The summed E-state index contributed by atoms with van der Waals surface area (Å²) in [4.78, 5) is -1.01. The van der Waals surface area contributed by atoms with Crippen LogP contribution in [0.15, 0.2) is 29.2 Å². The summed E-state index contributed by atoms with van der Waals surface area (Å²) in [6.45, 7) is 4.73. The zero-order valence-electron chi connectivity index (χ0n) is 12.8. The first-order chi connectivity index (χ1) is 10.4. The van der Waals surface area contributed by atoms with Gasteiger partial charge in [0.25, 0.3) is 10.1 Å². The van der Waals surface area contributed by atoms with Crippen molar-refractivity contribution in [2.75, 3.05) is 12.5 Å². The van der Waals surface area contributed by atoms with Gasteiger partial charge in [0.2, 0.25) is 7.37 Å². The Morgan fingerprint density at radius 1 is 1.22 bits per heavy atom. The fourth-order valence-electron chi connectivity index (χ4n) is 1.71. The first-order valence-corrected chi connectivity index (χ1v) is 10.1. The van der Waals surface area contributed by atoms with Crippen LogP contribution >= 0.6 is 7.37 Å². The highest BCUT2D eigenvalue weighted by atomic mass is 32.2. The molecule has 0 heterocycles. The first kappa shape index (κ1) is 20.2. The van der Waals surface area contributed by atoms with Gasteiger partial charge in [-0.15, -0.1) is 0 Å². The Morgan fingerprint density at radius 3 is 2.26 bits per heavy atom. The van der Waals surface area contributed by atoms with Crippen LogP contribution in [0.2, 0.25) is 0 Å². The number of halogens is 3. The van der Waals surface area contributed by atoms with Gasteiger partial charge in [0.15, 0.2) is 0 Å². The average molecular weight is 374 g/mol. The largest absolute Gasteiger partial charge is 0.417 e. The highest BCUT2D eigenvalue weighted by Crippen LogP contribution is 2.48. The minimum atomic E-state index is -4.85. The lowest BCUT2D eigenvalue weighted by atomic mass is 10.2. The number of hydrogen-bond donors (Lipinski definition) is 0. The van der Waals surface area contributed by atoms with Gasteiger partial charge in [-0.25, -0.2) is 0 Å². The second-order valence-corrected chi connectivity index (χ2v) is 9.29. The van der Waals surface area contributed by atoms with Crippen molar-refractivity contribution in [2.24, 2.45) is 0 Å². The van der Waals surface area contributed by atoms with Gasteiger partial charge in [0.05, 0.1) is 11.7 Å². The molecule has 0 radical (unpaired) electrons. The fourth-order valence-corrected chi connectivity index (χ4v) is 4.90. The van der Waals surface area contributed by atoms with E-state index in [4.69, 9.17) is 4.52 Å². The van der Waals surface area contributed by atoms with E-state index in [1.54, 1.807) is 13.8 Å². The number of benzene rings is 1. The van der Waals surface area contributed by atoms with Crippen LogP contribution < -0.4 is 0 Å². The van der Waals surface area contributed by atoms with Crippen LogP contribution in [0.1, 0.15) is 26.3 Å². The van der Waals surface area contributed by atoms with E-state index in [0.717, 1.165) is 18.2 Å². The maximum absolute atomic E-state index is 12.9. The van der Waals surface area contributed by atoms with Gasteiger partial charge in [-0.05, 0) is 26.0 Å². The molecular weight excluding hydrogens is 356 g/mol. The molecule has 0 aromatic heterocycles. The molecule has 0 bridgehead atoms. The zero-order chi connectivity index (χ0) is 17.9. The Kier molecular flexibility index (Phi) is 6.43. The fraction of sp³-hybridized carbons (Fsp3) is 0.538. The van der Waals surface area contributed by atoms with Gasteiger partial charge in [-0.3, -0.25) is 8.75 Å². The molecule has 0 aliphatic carbocycles. The van der Waals surface area contributed by atoms with E-state index in [-0.39, 0.29) is 6.16 Å². The Balaban J connectivity index is 3.08. The summed E-state index contributed by atoms with van der Waals surface area (Å²) >= 11 is 0. The minimum Gasteiger partial charge on any atom is -0.324 e. The van der Waals surface area contributed by atoms with E-state index in [2.05, 4.69) is 4.18 Å². The van der Waals surface area contributed by atoms with Gasteiger partial charge in [0, 0.05) is 6.16 Å². The van der Waals surface area contributed by atoms with Gasteiger partial charge < -0.3 is 4.52 Å². The maximum Gasteiger partial charge on any atom is 0.417 e. The van der Waals surface area contributed by atoms with E-state index in [0.29, 0.717) is 6.07 Å². The molecule has 0 aliphatic rings. The molecule has 1 aromatic rings. The Labute approximate surface area is 133 Å². The molecule has 0 amide bonds. The molecule has 1 rings (SSSR count). The van der Waals surface area contributed by atoms with Crippen LogP contribution in [0, 0.1) is 0 Å². The summed E-state index contributed by atoms with van der Waals surface area (Å²) in [5.74, 6) is 0. The van der Waals surface area contributed by atoms with Crippen molar-refractivity contribution in [1.29, 1.82) is 0 Å². The first-order valence-electron chi connectivity index (χ1n) is 6.73. The third kappa shape index (κ3) is 5.60. The Hall–Kier alpha value is -0.890. The normalized spacial score (nSPS) is 15.6. The van der Waals surface area contributed by atoms with Gasteiger partial charge in [-0.2, -0.15) is 21.6 Å². The average Bonchev–Trinajstić information content (AvgIpc) is 2.44. The number of hydrogen-bond acceptors (Lipinski definition) is 5. The molecule has 1 unspecified atom stereocenters. The number of rotatable bonds is 7. The van der Waals surface area contributed by atoms with Crippen LogP contribution in [0.5, 0.6) is 0 Å². The van der Waals surface area contributed by atoms with Crippen LogP contribution in [-0.2, 0) is 29.6 Å². The molecule has 0 aliphatic heterocycles. The van der Waals surface area contributed by atoms with Crippen LogP contribution in [0.25, 0.3) is 0 Å². The highest BCUT2D eigenvalue weighted by molar-refractivity contribution is 7.87. The lowest BCUT2D eigenvalue weighted by Crippen LogP contribution is -2.17. The number of alkyl halides is 3. The van der Waals surface area contributed by atoms with Gasteiger partial charge >= 0.3 is 6.18 Å². The smallest absolute Gasteiger partial charge is 0.324 e. The molecular formula is C13H18F3O5PS. The van der Waals surface area contributed by atoms with Gasteiger partial charge in [-0.1, -0.05) is 19.1 Å². The predicted molar refractivity (Wildman–Crippen MR) is 79.0 cm³/mol. The van der Waals surface area contributed by atoms with Crippen molar-refractivity contribution in [3.8, 4) is 0 Å². The molecule has 1 aromatic carbocycles. The van der Waals surface area contributed by atoms with Crippen molar-refractivity contribution >= 4 is 17.5 Å². The second kappa shape index (κ2) is 7.34. The summed E-state index contributed by atoms with van der Waals surface area (Å²) in [5, 5.41) is 0. The summed E-state index contributed by atoms with van der Waals surface area (Å²) in [6.07, 6.45) is -6.09. The third-order valence-corrected chi connectivity index (χ3v) is 6.54. The maximum atomic E-state index is 12.9. The standard InChI is InChI=1S/C13H18F3O5PS/c1-4-22(17,21-10(2)3)9-20-23(18,19)12-8-6-5-7-11(12)13(14,15)16/h5-8,10H,4,9H2,1-3H3. The van der Waals surface area contributed by atoms with Crippen molar-refractivity contribution in [2.45, 2.75) is 37.9 Å². The molecule has 5 nitrogen and oxygen atoms in total. The molecule has 1 atom stereocenters. The summed E-state index contributed by atoms with van der Waals surface area (Å²) in [5.41, 5.74) is -1.34. The third-order valence-electron chi connectivity index (χ3n) is 2.75. The second-order valence-electron chi connectivity index (χ2n) is 4.98. The van der Waals surface area contributed by atoms with Crippen molar-refractivity contribution in [3.05, 3.63) is 29.8 Å². The topological polar surface area (TPSA) is 69.7 Å². The van der Waals surface area contributed by atoms with Crippen molar-refractivity contribution < 1.29 is 34.9 Å². The molecule has 0 saturated carbocycles. The molecule has 0 N–H and O–H groups in total. The Bertz CT molecular complexity index is 685. The monoisotopic (exact) mass is 374 g/mol. The SMILES string of the molecule is CCP(=O)(COS(=O)(=O)c1ccccc1C(F)(F)F)OC(C)C. The van der Waals surface area contributed by atoms with E-state index in [1.165, 1.54) is 6.92 Å². The highest BCUT2D eigenvalue weighted by Gasteiger charge is 2.38. The van der Waals surface area contributed by atoms with Crippen molar-refractivity contribution in [1.82, 2.24) is 0 Å². The lowest BCUT2D eigenvalue weighted by molar-refractivity contribution is -0.140. The summed E-state index contributed by atoms with van der Waals surface area (Å²) in [6, 6.07) is 3.65. The molecule has 10 heteroatoms. The molecule has 0 spiro atoms. The van der Waals surface area contributed by atoms with E-state index < -0.39 is 46.6 Å². The lowest BCUT2D eigenvalue weighted by Gasteiger charge is -2.20. The predicted octanol–water partition coefficient (Wildman–Crippen LogP) is 4.09. The molecule has 132 valence electrons. The minimum absolute atomic E-state index is 0.00160. The molecule has 0 saturated heterocycles. The van der Waals surface area contributed by atoms with E-state index in [9.17, 15) is 26.2 Å². The summed E-state index contributed by atoms with van der Waals surface area (Å²) in [7, 11) is -8.14. The van der Waals surface area contributed by atoms with Gasteiger partial charge in [0.1, 0.15) is 11.2 Å². The summed E-state index contributed by atoms with van der Waals surface area (Å²) < 4.78 is 84.8. The Morgan fingerprint density at radius 2 is 1.78 bits per heavy atom. The van der Waals surface area contributed by atoms with Crippen LogP contribution in [0.3, 0.4) is 0 Å². The zero-order valence-corrected chi connectivity index (χ0v) is 14.5. The van der Waals surface area contributed by atoms with Crippen LogP contribution in [-0.4, -0.2) is 27.0 Å².